The maximum atomic E-state index is 3.56. The van der Waals surface area contributed by atoms with Gasteiger partial charge < -0.3 is 0 Å². The second-order valence-corrected chi connectivity index (χ2v) is 6.35. The molecule has 0 bridgehead atoms. The summed E-state index contributed by atoms with van der Waals surface area (Å²) >= 11 is 3.56. The van der Waals surface area contributed by atoms with E-state index in [-0.39, 0.29) is 0 Å². The molecule has 19 heavy (non-hydrogen) atoms. The van der Waals surface area contributed by atoms with Gasteiger partial charge in [-0.25, -0.2) is 0 Å². The lowest BCUT2D eigenvalue weighted by Gasteiger charge is -2.18. The average molecular weight is 311 g/mol. The molecule has 0 spiro atoms. The zero-order chi connectivity index (χ0) is 12.8. The topological polar surface area (TPSA) is 0 Å². The summed E-state index contributed by atoms with van der Waals surface area (Å²) in [5.74, 6) is 0. The highest BCUT2D eigenvalue weighted by atomic mass is 79.9. The molecule has 0 amide bonds. The fraction of sp³-hybridized carbons (Fsp3) is 0.222. The van der Waals surface area contributed by atoms with Crippen molar-refractivity contribution < 1.29 is 0 Å². The number of benzene rings is 3. The number of rotatable bonds is 0. The second kappa shape index (κ2) is 4.35. The Kier molecular flexibility index (Phi) is 2.63. The normalized spacial score (nSPS) is 14.8. The van der Waals surface area contributed by atoms with Crippen LogP contribution in [0.3, 0.4) is 0 Å². The molecule has 94 valence electrons. The zero-order valence-corrected chi connectivity index (χ0v) is 12.3. The van der Waals surface area contributed by atoms with Gasteiger partial charge in [-0.1, -0.05) is 46.3 Å². The molecule has 0 radical (unpaired) electrons. The molecule has 0 fully saturated rings. The number of aryl methyl sites for hydroxylation is 2. The van der Waals surface area contributed by atoms with Crippen molar-refractivity contribution in [2.75, 3.05) is 0 Å². The van der Waals surface area contributed by atoms with Gasteiger partial charge in [-0.15, -0.1) is 0 Å². The van der Waals surface area contributed by atoms with E-state index in [0.29, 0.717) is 0 Å². The zero-order valence-electron chi connectivity index (χ0n) is 10.7. The third kappa shape index (κ3) is 1.80. The highest BCUT2D eigenvalue weighted by molar-refractivity contribution is 9.10. The maximum Gasteiger partial charge on any atom is 0.0181 e. The van der Waals surface area contributed by atoms with Crippen molar-refractivity contribution in [1.82, 2.24) is 0 Å². The summed E-state index contributed by atoms with van der Waals surface area (Å²) in [5.41, 5.74) is 3.16. The Bertz CT molecular complexity index is 786. The van der Waals surface area contributed by atoms with Gasteiger partial charge in [0.15, 0.2) is 0 Å². The van der Waals surface area contributed by atoms with Gasteiger partial charge >= 0.3 is 0 Å². The first-order chi connectivity index (χ1) is 9.33. The van der Waals surface area contributed by atoms with Gasteiger partial charge in [0.1, 0.15) is 0 Å². The van der Waals surface area contributed by atoms with Crippen LogP contribution in [-0.2, 0) is 12.8 Å². The van der Waals surface area contributed by atoms with E-state index in [0.717, 1.165) is 4.47 Å². The fourth-order valence-corrected chi connectivity index (χ4v) is 3.75. The molecule has 0 nitrogen and oxygen atoms in total. The van der Waals surface area contributed by atoms with Gasteiger partial charge in [0, 0.05) is 4.47 Å². The Morgan fingerprint density at radius 1 is 0.737 bits per heavy atom. The van der Waals surface area contributed by atoms with E-state index >= 15 is 0 Å². The van der Waals surface area contributed by atoms with Crippen molar-refractivity contribution in [3.8, 4) is 0 Å². The molecule has 1 aliphatic rings. The lowest BCUT2D eigenvalue weighted by molar-refractivity contribution is 0.690. The minimum Gasteiger partial charge on any atom is -0.0581 e. The predicted octanol–water partition coefficient (Wildman–Crippen LogP) is 5.63. The summed E-state index contributed by atoms with van der Waals surface area (Å²) in [6.45, 7) is 0. The van der Waals surface area contributed by atoms with Crippen molar-refractivity contribution in [3.63, 3.8) is 0 Å². The molecule has 0 saturated heterocycles. The summed E-state index contributed by atoms with van der Waals surface area (Å²) in [5, 5.41) is 5.56. The molecule has 1 aliphatic carbocycles. The third-order valence-electron chi connectivity index (χ3n) is 4.31. The quantitative estimate of drug-likeness (QED) is 0.472. The van der Waals surface area contributed by atoms with Gasteiger partial charge in [0.2, 0.25) is 0 Å². The Labute approximate surface area is 121 Å². The largest absolute Gasteiger partial charge is 0.0581 e. The van der Waals surface area contributed by atoms with E-state index in [9.17, 15) is 0 Å². The Hall–Kier alpha value is -1.34. The van der Waals surface area contributed by atoms with Crippen LogP contribution in [0.2, 0.25) is 0 Å². The van der Waals surface area contributed by atoms with Crippen LogP contribution in [0, 0.1) is 0 Å². The summed E-state index contributed by atoms with van der Waals surface area (Å²) in [7, 11) is 0. The Balaban J connectivity index is 2.12. The summed E-state index contributed by atoms with van der Waals surface area (Å²) in [6, 6.07) is 15.8. The van der Waals surface area contributed by atoms with Crippen molar-refractivity contribution in [2.24, 2.45) is 0 Å². The van der Waals surface area contributed by atoms with Crippen LogP contribution < -0.4 is 0 Å². The lowest BCUT2D eigenvalue weighted by atomic mass is 9.86. The van der Waals surface area contributed by atoms with Crippen LogP contribution in [0.1, 0.15) is 24.0 Å². The standard InChI is InChI=1S/C18H15Br/c19-14-7-10-16-13(11-14)6-9-17-15-4-2-1-3-12(15)5-8-18(16)17/h5-11H,1-4H2. The molecule has 0 aromatic heterocycles. The van der Waals surface area contributed by atoms with Gasteiger partial charge in [-0.05, 0) is 70.5 Å². The minimum absolute atomic E-state index is 1.15. The smallest absolute Gasteiger partial charge is 0.0181 e. The molecule has 0 aliphatic heterocycles. The maximum absolute atomic E-state index is 3.56. The lowest BCUT2D eigenvalue weighted by Crippen LogP contribution is -2.03. The van der Waals surface area contributed by atoms with Gasteiger partial charge in [0.05, 0.1) is 0 Å². The molecule has 0 unspecified atom stereocenters. The van der Waals surface area contributed by atoms with E-state index < -0.39 is 0 Å². The minimum atomic E-state index is 1.15. The first-order valence-corrected chi connectivity index (χ1v) is 7.75. The van der Waals surface area contributed by atoms with Crippen LogP contribution in [0.25, 0.3) is 21.5 Å². The molecular formula is C18H15Br. The molecule has 0 N–H and O–H groups in total. The predicted molar refractivity (Wildman–Crippen MR) is 85.8 cm³/mol. The van der Waals surface area contributed by atoms with Crippen molar-refractivity contribution in [1.29, 1.82) is 0 Å². The van der Waals surface area contributed by atoms with Crippen LogP contribution in [0.5, 0.6) is 0 Å². The Morgan fingerprint density at radius 2 is 1.53 bits per heavy atom. The monoisotopic (exact) mass is 310 g/mol. The van der Waals surface area contributed by atoms with E-state index in [1.165, 1.54) is 47.2 Å². The van der Waals surface area contributed by atoms with Crippen LogP contribution in [0.15, 0.2) is 46.9 Å². The molecule has 0 heterocycles. The average Bonchev–Trinajstić information content (AvgIpc) is 2.46. The van der Waals surface area contributed by atoms with Gasteiger partial charge in [0.25, 0.3) is 0 Å². The van der Waals surface area contributed by atoms with Crippen molar-refractivity contribution in [2.45, 2.75) is 25.7 Å². The van der Waals surface area contributed by atoms with Crippen LogP contribution in [-0.4, -0.2) is 0 Å². The van der Waals surface area contributed by atoms with E-state index in [1.807, 2.05) is 0 Å². The molecule has 0 atom stereocenters. The van der Waals surface area contributed by atoms with E-state index in [4.69, 9.17) is 0 Å². The first kappa shape index (κ1) is 11.5. The highest BCUT2D eigenvalue weighted by Crippen LogP contribution is 2.34. The summed E-state index contributed by atoms with van der Waals surface area (Å²) < 4.78 is 1.15. The molecule has 1 heteroatoms. The van der Waals surface area contributed by atoms with E-state index in [1.54, 1.807) is 11.1 Å². The summed E-state index contributed by atoms with van der Waals surface area (Å²) in [4.78, 5) is 0. The third-order valence-corrected chi connectivity index (χ3v) is 4.80. The fourth-order valence-electron chi connectivity index (χ4n) is 3.37. The molecular weight excluding hydrogens is 296 g/mol. The first-order valence-electron chi connectivity index (χ1n) is 6.96. The highest BCUT2D eigenvalue weighted by Gasteiger charge is 2.13. The SMILES string of the molecule is Brc1ccc2c(ccc3c4c(ccc32)CCCC4)c1. The van der Waals surface area contributed by atoms with Crippen LogP contribution >= 0.6 is 15.9 Å². The molecule has 4 rings (SSSR count). The number of halogens is 1. The molecule has 3 aromatic rings. The van der Waals surface area contributed by atoms with Crippen molar-refractivity contribution >= 4 is 37.5 Å². The molecule has 0 saturated carbocycles. The number of hydrogen-bond donors (Lipinski definition) is 0. The molecule has 3 aromatic carbocycles. The van der Waals surface area contributed by atoms with Crippen LogP contribution in [0.4, 0.5) is 0 Å². The number of fused-ring (bicyclic) bond motifs is 5. The van der Waals surface area contributed by atoms with Gasteiger partial charge in [-0.2, -0.15) is 0 Å². The second-order valence-electron chi connectivity index (χ2n) is 5.44. The number of hydrogen-bond acceptors (Lipinski definition) is 0. The summed E-state index contributed by atoms with van der Waals surface area (Å²) in [6.07, 6.45) is 5.18. The van der Waals surface area contributed by atoms with E-state index in [2.05, 4.69) is 58.4 Å². The Morgan fingerprint density at radius 3 is 2.47 bits per heavy atom. The van der Waals surface area contributed by atoms with Crippen molar-refractivity contribution in [3.05, 3.63) is 58.1 Å². The van der Waals surface area contributed by atoms with Gasteiger partial charge in [-0.3, -0.25) is 0 Å².